The number of aromatic amines is 1. The van der Waals surface area contributed by atoms with E-state index in [1.54, 1.807) is 0 Å². The van der Waals surface area contributed by atoms with Crippen LogP contribution in [0.5, 0.6) is 0 Å². The van der Waals surface area contributed by atoms with Crippen LogP contribution < -0.4 is 5.32 Å². The van der Waals surface area contributed by atoms with E-state index < -0.39 is 0 Å². The molecule has 15 heavy (non-hydrogen) atoms. The molecule has 0 amide bonds. The second kappa shape index (κ2) is 4.59. The summed E-state index contributed by atoms with van der Waals surface area (Å²) in [7, 11) is 0. The van der Waals surface area contributed by atoms with E-state index in [2.05, 4.69) is 20.5 Å². The maximum atomic E-state index is 4.31. The average molecular weight is 202 g/mol. The number of rotatable bonds is 4. The first-order chi connectivity index (χ1) is 7.38. The van der Waals surface area contributed by atoms with Crippen molar-refractivity contribution in [1.82, 2.24) is 15.2 Å². The zero-order valence-corrected chi connectivity index (χ0v) is 8.70. The monoisotopic (exact) mass is 202 g/mol. The standard InChI is InChI=1S/C11H14N4/c1-2-10-13-11(15-14-10)8-12-9-6-4-3-5-7-9/h3-7,12H,2,8H2,1H3,(H,13,14,15). The number of H-pyrrole nitrogens is 1. The van der Waals surface area contributed by atoms with Crippen molar-refractivity contribution >= 4 is 5.69 Å². The largest absolute Gasteiger partial charge is 0.378 e. The van der Waals surface area contributed by atoms with Gasteiger partial charge in [0.05, 0.1) is 6.54 Å². The fourth-order valence-corrected chi connectivity index (χ4v) is 1.31. The number of benzene rings is 1. The quantitative estimate of drug-likeness (QED) is 0.797. The summed E-state index contributed by atoms with van der Waals surface area (Å²) in [6, 6.07) is 10.0. The molecule has 4 nitrogen and oxygen atoms in total. The van der Waals surface area contributed by atoms with Crippen molar-refractivity contribution in [1.29, 1.82) is 0 Å². The molecular weight excluding hydrogens is 188 g/mol. The molecule has 0 radical (unpaired) electrons. The molecule has 1 aromatic carbocycles. The minimum absolute atomic E-state index is 0.678. The van der Waals surface area contributed by atoms with Gasteiger partial charge in [0.15, 0.2) is 5.82 Å². The third kappa shape index (κ3) is 2.56. The lowest BCUT2D eigenvalue weighted by atomic mass is 10.3. The Morgan fingerprint density at radius 1 is 1.27 bits per heavy atom. The first kappa shape index (κ1) is 9.71. The van der Waals surface area contributed by atoms with Gasteiger partial charge in [-0.3, -0.25) is 5.10 Å². The number of nitrogens with one attached hydrogen (secondary N) is 2. The molecule has 0 unspecified atom stereocenters. The number of aromatic nitrogens is 3. The number of hydrogen-bond donors (Lipinski definition) is 2. The third-order valence-electron chi connectivity index (χ3n) is 2.13. The average Bonchev–Trinajstić information content (AvgIpc) is 2.76. The first-order valence-corrected chi connectivity index (χ1v) is 5.07. The van der Waals surface area contributed by atoms with Gasteiger partial charge >= 0.3 is 0 Å². The molecule has 0 saturated carbocycles. The van der Waals surface area contributed by atoms with Gasteiger partial charge in [-0.2, -0.15) is 5.10 Å². The van der Waals surface area contributed by atoms with Crippen LogP contribution in [0.15, 0.2) is 30.3 Å². The molecule has 1 heterocycles. The molecule has 0 bridgehead atoms. The normalized spacial score (nSPS) is 10.2. The van der Waals surface area contributed by atoms with Crippen LogP contribution in [-0.2, 0) is 13.0 Å². The first-order valence-electron chi connectivity index (χ1n) is 5.07. The molecule has 0 spiro atoms. The zero-order valence-electron chi connectivity index (χ0n) is 8.70. The van der Waals surface area contributed by atoms with Crippen molar-refractivity contribution in [3.63, 3.8) is 0 Å². The van der Waals surface area contributed by atoms with Crippen LogP contribution in [0, 0.1) is 0 Å². The highest BCUT2D eigenvalue weighted by atomic mass is 15.2. The Morgan fingerprint density at radius 3 is 2.73 bits per heavy atom. The molecule has 0 fully saturated rings. The van der Waals surface area contributed by atoms with E-state index in [4.69, 9.17) is 0 Å². The topological polar surface area (TPSA) is 53.6 Å². The SMILES string of the molecule is CCc1n[nH]c(CNc2ccccc2)n1. The lowest BCUT2D eigenvalue weighted by Gasteiger charge is -2.02. The molecule has 0 atom stereocenters. The molecule has 2 aromatic rings. The number of anilines is 1. The predicted octanol–water partition coefficient (Wildman–Crippen LogP) is 1.98. The van der Waals surface area contributed by atoms with E-state index in [0.717, 1.165) is 23.8 Å². The Morgan fingerprint density at radius 2 is 2.07 bits per heavy atom. The molecule has 1 aromatic heterocycles. The van der Waals surface area contributed by atoms with Gasteiger partial charge < -0.3 is 5.32 Å². The van der Waals surface area contributed by atoms with E-state index >= 15 is 0 Å². The Bertz CT molecular complexity index is 408. The highest BCUT2D eigenvalue weighted by Crippen LogP contribution is 2.06. The lowest BCUT2D eigenvalue weighted by molar-refractivity contribution is 0.939. The number of hydrogen-bond acceptors (Lipinski definition) is 3. The molecule has 0 aliphatic carbocycles. The molecule has 2 N–H and O–H groups in total. The van der Waals surface area contributed by atoms with Crippen molar-refractivity contribution in [2.45, 2.75) is 19.9 Å². The summed E-state index contributed by atoms with van der Waals surface area (Å²) >= 11 is 0. The van der Waals surface area contributed by atoms with E-state index in [9.17, 15) is 0 Å². The fourth-order valence-electron chi connectivity index (χ4n) is 1.31. The van der Waals surface area contributed by atoms with E-state index in [0.29, 0.717) is 6.54 Å². The second-order valence-corrected chi connectivity index (χ2v) is 3.27. The van der Waals surface area contributed by atoms with Crippen molar-refractivity contribution in [2.24, 2.45) is 0 Å². The van der Waals surface area contributed by atoms with Crippen molar-refractivity contribution in [2.75, 3.05) is 5.32 Å². The van der Waals surface area contributed by atoms with E-state index in [-0.39, 0.29) is 0 Å². The molecule has 0 aliphatic rings. The van der Waals surface area contributed by atoms with Gasteiger partial charge in [0.2, 0.25) is 0 Å². The molecule has 0 saturated heterocycles. The molecule has 4 heteroatoms. The summed E-state index contributed by atoms with van der Waals surface area (Å²) in [4.78, 5) is 4.31. The van der Waals surface area contributed by atoms with E-state index in [1.165, 1.54) is 0 Å². The summed E-state index contributed by atoms with van der Waals surface area (Å²) in [5, 5.41) is 10.2. The molecule has 2 rings (SSSR count). The summed E-state index contributed by atoms with van der Waals surface area (Å²) in [6.45, 7) is 2.72. The van der Waals surface area contributed by atoms with Crippen LogP contribution in [-0.4, -0.2) is 15.2 Å². The molecule has 0 aliphatic heterocycles. The van der Waals surface area contributed by atoms with E-state index in [1.807, 2.05) is 37.3 Å². The van der Waals surface area contributed by atoms with Gasteiger partial charge in [-0.1, -0.05) is 25.1 Å². The zero-order chi connectivity index (χ0) is 10.5. The highest BCUT2D eigenvalue weighted by Gasteiger charge is 1.99. The Balaban J connectivity index is 1.93. The maximum Gasteiger partial charge on any atom is 0.150 e. The highest BCUT2D eigenvalue weighted by molar-refractivity contribution is 5.42. The Kier molecular flexibility index (Phi) is 2.97. The van der Waals surface area contributed by atoms with Crippen LogP contribution in [0.3, 0.4) is 0 Å². The lowest BCUT2D eigenvalue weighted by Crippen LogP contribution is -2.00. The van der Waals surface area contributed by atoms with Crippen LogP contribution in [0.2, 0.25) is 0 Å². The van der Waals surface area contributed by atoms with Crippen LogP contribution in [0.25, 0.3) is 0 Å². The Labute approximate surface area is 88.8 Å². The minimum atomic E-state index is 0.678. The van der Waals surface area contributed by atoms with Gasteiger partial charge in [0, 0.05) is 12.1 Å². The third-order valence-corrected chi connectivity index (χ3v) is 2.13. The smallest absolute Gasteiger partial charge is 0.150 e. The van der Waals surface area contributed by atoms with Gasteiger partial charge in [-0.25, -0.2) is 4.98 Å². The summed E-state index contributed by atoms with van der Waals surface area (Å²) in [5.74, 6) is 1.73. The maximum absolute atomic E-state index is 4.31. The number of para-hydroxylation sites is 1. The van der Waals surface area contributed by atoms with Crippen LogP contribution >= 0.6 is 0 Å². The van der Waals surface area contributed by atoms with Gasteiger partial charge in [0.1, 0.15) is 5.82 Å². The molecular formula is C11H14N4. The fraction of sp³-hybridized carbons (Fsp3) is 0.273. The predicted molar refractivity (Wildman–Crippen MR) is 59.5 cm³/mol. The van der Waals surface area contributed by atoms with Gasteiger partial charge in [-0.15, -0.1) is 0 Å². The second-order valence-electron chi connectivity index (χ2n) is 3.27. The van der Waals surface area contributed by atoms with Gasteiger partial charge in [0.25, 0.3) is 0 Å². The number of aryl methyl sites for hydroxylation is 1. The summed E-state index contributed by atoms with van der Waals surface area (Å²) in [5.41, 5.74) is 1.09. The summed E-state index contributed by atoms with van der Waals surface area (Å²) in [6.07, 6.45) is 0.863. The van der Waals surface area contributed by atoms with Gasteiger partial charge in [-0.05, 0) is 12.1 Å². The van der Waals surface area contributed by atoms with Crippen molar-refractivity contribution < 1.29 is 0 Å². The minimum Gasteiger partial charge on any atom is -0.378 e. The molecule has 78 valence electrons. The van der Waals surface area contributed by atoms with Crippen LogP contribution in [0.1, 0.15) is 18.6 Å². The van der Waals surface area contributed by atoms with Crippen molar-refractivity contribution in [3.8, 4) is 0 Å². The number of nitrogens with zero attached hydrogens (tertiary/aromatic N) is 2. The van der Waals surface area contributed by atoms with Crippen LogP contribution in [0.4, 0.5) is 5.69 Å². The Hall–Kier alpha value is -1.84. The van der Waals surface area contributed by atoms with Crippen molar-refractivity contribution in [3.05, 3.63) is 42.0 Å². The summed E-state index contributed by atoms with van der Waals surface area (Å²) < 4.78 is 0.